The molecule has 0 aromatic rings. The van der Waals surface area contributed by atoms with E-state index in [9.17, 15) is 24.3 Å². The molecule has 0 fully saturated rings. The summed E-state index contributed by atoms with van der Waals surface area (Å²) in [7, 11) is 0. The Bertz CT molecular complexity index is 851. The molecule has 16 nitrogen and oxygen atoms in total. The van der Waals surface area contributed by atoms with E-state index in [0.717, 1.165) is 0 Å². The molecule has 0 aliphatic carbocycles. The zero-order valence-electron chi connectivity index (χ0n) is 23.1. The number of hydrogen-bond donors (Lipinski definition) is 10. The van der Waals surface area contributed by atoms with Gasteiger partial charge in [-0.2, -0.15) is 11.8 Å². The Morgan fingerprint density at radius 2 is 1.20 bits per heavy atom. The fourth-order valence-corrected chi connectivity index (χ4v) is 3.97. The molecule has 0 radical (unpaired) electrons. The second-order valence-corrected chi connectivity index (χ2v) is 10.1. The van der Waals surface area contributed by atoms with Crippen LogP contribution in [0, 0.1) is 0 Å². The standard InChI is InChI=1S/C23H47N11O5S/c1-40-13-9-16(32-18(35)14(25)6-4-11-30-22(26)27)20(37)33-15(8-5-12-31-23(28)29)19(36)34-17(21(38)39)7-2-3-10-24/h14-17H,2-13,24-25H2,1H3,(H,32,35)(H,33,37)(H,34,36)(H,38,39)(H4,26,27,30)(H4,28,29,31). The molecule has 17 heteroatoms. The van der Waals surface area contributed by atoms with E-state index in [1.54, 1.807) is 0 Å². The smallest absolute Gasteiger partial charge is 0.326 e. The van der Waals surface area contributed by atoms with Crippen LogP contribution in [0.1, 0.15) is 51.4 Å². The summed E-state index contributed by atoms with van der Waals surface area (Å²) in [6, 6.07) is -4.13. The Hall–Kier alpha value is -3.31. The van der Waals surface area contributed by atoms with Gasteiger partial charge < -0.3 is 55.5 Å². The average molecular weight is 590 g/mol. The highest BCUT2D eigenvalue weighted by molar-refractivity contribution is 7.98. The predicted octanol–water partition coefficient (Wildman–Crippen LogP) is -3.16. The summed E-state index contributed by atoms with van der Waals surface area (Å²) in [5, 5.41) is 17.3. The van der Waals surface area contributed by atoms with Crippen molar-refractivity contribution in [1.82, 2.24) is 16.0 Å². The summed E-state index contributed by atoms with van der Waals surface area (Å²) < 4.78 is 0. The third kappa shape index (κ3) is 17.3. The quantitative estimate of drug-likeness (QED) is 0.0340. The highest BCUT2D eigenvalue weighted by Crippen LogP contribution is 2.07. The Kier molecular flexibility index (Phi) is 19.7. The Morgan fingerprint density at radius 3 is 1.70 bits per heavy atom. The maximum Gasteiger partial charge on any atom is 0.326 e. The van der Waals surface area contributed by atoms with Crippen LogP contribution in [0.15, 0.2) is 9.98 Å². The molecule has 0 heterocycles. The van der Waals surface area contributed by atoms with Crippen molar-refractivity contribution < 1.29 is 24.3 Å². The zero-order chi connectivity index (χ0) is 30.5. The molecule has 230 valence electrons. The van der Waals surface area contributed by atoms with E-state index in [2.05, 4.69) is 25.9 Å². The highest BCUT2D eigenvalue weighted by atomic mass is 32.2. The summed E-state index contributed by atoms with van der Waals surface area (Å²) in [5.74, 6) is -2.65. The van der Waals surface area contributed by atoms with Crippen LogP contribution in [0.25, 0.3) is 0 Å². The van der Waals surface area contributed by atoms with Crippen molar-refractivity contribution >= 4 is 47.4 Å². The van der Waals surface area contributed by atoms with Crippen molar-refractivity contribution in [2.24, 2.45) is 44.4 Å². The number of unbranched alkanes of at least 4 members (excludes halogenated alkanes) is 1. The molecule has 0 aromatic heterocycles. The second-order valence-electron chi connectivity index (χ2n) is 9.09. The third-order valence-electron chi connectivity index (χ3n) is 5.69. The predicted molar refractivity (Wildman–Crippen MR) is 157 cm³/mol. The zero-order valence-corrected chi connectivity index (χ0v) is 24.0. The van der Waals surface area contributed by atoms with E-state index >= 15 is 0 Å². The minimum absolute atomic E-state index is 0.0612. The summed E-state index contributed by atoms with van der Waals surface area (Å²) in [5.41, 5.74) is 32.7. The third-order valence-corrected chi connectivity index (χ3v) is 6.33. The lowest BCUT2D eigenvalue weighted by atomic mass is 10.1. The first-order chi connectivity index (χ1) is 18.9. The number of thioether (sulfide) groups is 1. The van der Waals surface area contributed by atoms with E-state index in [4.69, 9.17) is 34.4 Å². The molecule has 0 spiro atoms. The van der Waals surface area contributed by atoms with Gasteiger partial charge in [0.15, 0.2) is 11.9 Å². The van der Waals surface area contributed by atoms with Gasteiger partial charge in [-0.05, 0) is 69.9 Å². The number of nitrogens with two attached hydrogens (primary N) is 6. The molecule has 0 aromatic carbocycles. The van der Waals surface area contributed by atoms with Crippen LogP contribution in [0.3, 0.4) is 0 Å². The van der Waals surface area contributed by atoms with E-state index in [1.807, 2.05) is 6.26 Å². The SMILES string of the molecule is CSCCC(NC(=O)C(N)CCCN=C(N)N)C(=O)NC(CCCN=C(N)N)C(=O)NC(CCCCN)C(=O)O. The Labute approximate surface area is 239 Å². The molecule has 0 aliphatic heterocycles. The number of aliphatic imine (C=N–C) groups is 2. The minimum atomic E-state index is -1.20. The fourth-order valence-electron chi connectivity index (χ4n) is 3.50. The molecule has 3 amide bonds. The lowest BCUT2D eigenvalue weighted by Gasteiger charge is -2.25. The number of carbonyl (C=O) groups is 4. The molecule has 0 saturated carbocycles. The van der Waals surface area contributed by atoms with Gasteiger partial charge in [-0.3, -0.25) is 24.4 Å². The van der Waals surface area contributed by atoms with Gasteiger partial charge >= 0.3 is 5.97 Å². The molecule has 0 aliphatic rings. The monoisotopic (exact) mass is 589 g/mol. The lowest BCUT2D eigenvalue weighted by molar-refractivity contribution is -0.142. The minimum Gasteiger partial charge on any atom is -0.480 e. The van der Waals surface area contributed by atoms with Gasteiger partial charge in [0.2, 0.25) is 17.7 Å². The number of hydrogen-bond acceptors (Lipinski definition) is 9. The van der Waals surface area contributed by atoms with Crippen LogP contribution in [0.5, 0.6) is 0 Å². The molecule has 4 atom stereocenters. The lowest BCUT2D eigenvalue weighted by Crippen LogP contribution is -2.57. The van der Waals surface area contributed by atoms with Gasteiger partial charge in [0, 0.05) is 13.1 Å². The summed E-state index contributed by atoms with van der Waals surface area (Å²) in [4.78, 5) is 58.4. The molecule has 40 heavy (non-hydrogen) atoms. The van der Waals surface area contributed by atoms with Gasteiger partial charge in [-0.15, -0.1) is 0 Å². The van der Waals surface area contributed by atoms with Gasteiger partial charge in [0.1, 0.15) is 18.1 Å². The summed E-state index contributed by atoms with van der Waals surface area (Å²) in [6.45, 7) is 0.898. The van der Waals surface area contributed by atoms with Crippen LogP contribution < -0.4 is 50.4 Å². The first-order valence-corrected chi connectivity index (χ1v) is 14.5. The van der Waals surface area contributed by atoms with Crippen LogP contribution in [0.4, 0.5) is 0 Å². The summed E-state index contributed by atoms with van der Waals surface area (Å²) >= 11 is 1.48. The maximum absolute atomic E-state index is 13.2. The number of carboxylic acid groups (broad SMARTS) is 1. The molecule has 0 bridgehead atoms. The molecule has 4 unspecified atom stereocenters. The van der Waals surface area contributed by atoms with Crippen LogP contribution >= 0.6 is 11.8 Å². The number of nitrogens with zero attached hydrogens (tertiary/aromatic N) is 2. The number of carboxylic acids is 1. The number of carbonyl (C=O) groups excluding carboxylic acids is 3. The van der Waals surface area contributed by atoms with E-state index < -0.39 is 47.9 Å². The number of guanidine groups is 2. The first kappa shape index (κ1) is 36.7. The van der Waals surface area contributed by atoms with Gasteiger partial charge in [-0.1, -0.05) is 0 Å². The number of aliphatic carboxylic acids is 1. The Morgan fingerprint density at radius 1 is 0.725 bits per heavy atom. The van der Waals surface area contributed by atoms with Gasteiger partial charge in [-0.25, -0.2) is 4.79 Å². The highest BCUT2D eigenvalue weighted by Gasteiger charge is 2.30. The van der Waals surface area contributed by atoms with Gasteiger partial charge in [0.05, 0.1) is 6.04 Å². The molecular formula is C23H47N11O5S. The summed E-state index contributed by atoms with van der Waals surface area (Å²) in [6.07, 6.45) is 4.61. The van der Waals surface area contributed by atoms with Crippen molar-refractivity contribution in [3.05, 3.63) is 0 Å². The van der Waals surface area contributed by atoms with Crippen molar-refractivity contribution in [1.29, 1.82) is 0 Å². The van der Waals surface area contributed by atoms with Gasteiger partial charge in [0.25, 0.3) is 0 Å². The largest absolute Gasteiger partial charge is 0.480 e. The molecule has 0 saturated heterocycles. The van der Waals surface area contributed by atoms with Crippen LogP contribution in [-0.2, 0) is 19.2 Å². The second kappa shape index (κ2) is 21.5. The van der Waals surface area contributed by atoms with Crippen LogP contribution in [0.2, 0.25) is 0 Å². The number of amides is 3. The van der Waals surface area contributed by atoms with Crippen molar-refractivity contribution in [3.63, 3.8) is 0 Å². The average Bonchev–Trinajstić information content (AvgIpc) is 2.89. The van der Waals surface area contributed by atoms with E-state index in [0.29, 0.717) is 44.5 Å². The normalized spacial score (nSPS) is 13.7. The molecule has 16 N–H and O–H groups in total. The Balaban J connectivity index is 5.52. The van der Waals surface area contributed by atoms with Crippen LogP contribution in [-0.4, -0.2) is 96.5 Å². The van der Waals surface area contributed by atoms with Crippen molar-refractivity contribution in [2.45, 2.75) is 75.5 Å². The molecule has 0 rings (SSSR count). The fraction of sp³-hybridized carbons (Fsp3) is 0.739. The topological polar surface area (TPSA) is 305 Å². The number of rotatable bonds is 22. The van der Waals surface area contributed by atoms with E-state index in [1.165, 1.54) is 11.8 Å². The molecular weight excluding hydrogens is 542 g/mol. The maximum atomic E-state index is 13.2. The number of nitrogens with one attached hydrogen (secondary N) is 3. The first-order valence-electron chi connectivity index (χ1n) is 13.1. The van der Waals surface area contributed by atoms with Crippen molar-refractivity contribution in [3.8, 4) is 0 Å². The van der Waals surface area contributed by atoms with Crippen molar-refractivity contribution in [2.75, 3.05) is 31.6 Å². The van der Waals surface area contributed by atoms with E-state index in [-0.39, 0.29) is 44.1 Å².